The van der Waals surface area contributed by atoms with Crippen molar-refractivity contribution in [2.75, 3.05) is 6.54 Å². The fraction of sp³-hybridized carbons (Fsp3) is 0.429. The summed E-state index contributed by atoms with van der Waals surface area (Å²) in [4.78, 5) is 14.6. The number of amides is 1. The van der Waals surface area contributed by atoms with E-state index < -0.39 is 0 Å². The van der Waals surface area contributed by atoms with E-state index in [4.69, 9.17) is 18.0 Å². The minimum absolute atomic E-state index is 0.0632. The quantitative estimate of drug-likeness (QED) is 0.860. The number of carbonyl (C=O) groups is 1. The molecule has 0 bridgehead atoms. The molecule has 0 radical (unpaired) electrons. The number of piperidine rings is 1. The van der Waals surface area contributed by atoms with Gasteiger partial charge in [0.1, 0.15) is 0 Å². The van der Waals surface area contributed by atoms with Crippen LogP contribution >= 0.6 is 28.1 Å². The van der Waals surface area contributed by atoms with Crippen LogP contribution in [0.1, 0.15) is 24.8 Å². The number of thiocarbonyl (C=S) groups is 1. The lowest BCUT2D eigenvalue weighted by atomic mass is 10.0. The standard InChI is InChI=1S/C14H17BrN2OS/c15-11-6-4-10(5-7-11)9-13(18)17-8-2-1-3-12(17)14(16)19/h4-7,12H,1-3,8-9H2,(H2,16,19). The van der Waals surface area contributed by atoms with Crippen LogP contribution in [0.5, 0.6) is 0 Å². The second-order valence-electron chi connectivity index (χ2n) is 4.80. The molecule has 1 aliphatic rings. The molecule has 0 spiro atoms. The molecule has 1 aliphatic heterocycles. The molecule has 1 heterocycles. The van der Waals surface area contributed by atoms with Crippen LogP contribution in [-0.4, -0.2) is 28.4 Å². The highest BCUT2D eigenvalue weighted by atomic mass is 79.9. The van der Waals surface area contributed by atoms with Gasteiger partial charge < -0.3 is 10.6 Å². The normalized spacial score (nSPS) is 19.2. The molecular weight excluding hydrogens is 324 g/mol. The van der Waals surface area contributed by atoms with Gasteiger partial charge in [-0.05, 0) is 37.0 Å². The Morgan fingerprint density at radius 2 is 2.05 bits per heavy atom. The van der Waals surface area contributed by atoms with Gasteiger partial charge in [0.15, 0.2) is 0 Å². The lowest BCUT2D eigenvalue weighted by Crippen LogP contribution is -2.50. The van der Waals surface area contributed by atoms with E-state index in [1.807, 2.05) is 29.2 Å². The second kappa shape index (κ2) is 6.48. The third kappa shape index (κ3) is 3.76. The highest BCUT2D eigenvalue weighted by Gasteiger charge is 2.28. The molecule has 0 aliphatic carbocycles. The van der Waals surface area contributed by atoms with Gasteiger partial charge in [0.05, 0.1) is 17.5 Å². The van der Waals surface area contributed by atoms with Gasteiger partial charge >= 0.3 is 0 Å². The van der Waals surface area contributed by atoms with E-state index in [2.05, 4.69) is 15.9 Å². The molecule has 1 fully saturated rings. The Balaban J connectivity index is 2.05. The first-order valence-electron chi connectivity index (χ1n) is 6.41. The molecule has 19 heavy (non-hydrogen) atoms. The molecule has 1 amide bonds. The Labute approximate surface area is 127 Å². The van der Waals surface area contributed by atoms with E-state index in [1.165, 1.54) is 0 Å². The number of nitrogens with two attached hydrogens (primary N) is 1. The van der Waals surface area contributed by atoms with Gasteiger partial charge in [0.25, 0.3) is 0 Å². The molecule has 1 atom stereocenters. The highest BCUT2D eigenvalue weighted by molar-refractivity contribution is 9.10. The summed E-state index contributed by atoms with van der Waals surface area (Å²) in [6, 6.07) is 7.75. The maximum atomic E-state index is 12.4. The molecule has 1 unspecified atom stereocenters. The molecule has 2 rings (SSSR count). The van der Waals surface area contributed by atoms with E-state index in [9.17, 15) is 4.79 Å². The average molecular weight is 341 g/mol. The van der Waals surface area contributed by atoms with Crippen LogP contribution in [-0.2, 0) is 11.2 Å². The number of halogens is 1. The zero-order chi connectivity index (χ0) is 13.8. The first kappa shape index (κ1) is 14.5. The Bertz CT molecular complexity index is 475. The summed E-state index contributed by atoms with van der Waals surface area (Å²) in [5.74, 6) is 0.111. The molecule has 3 nitrogen and oxygen atoms in total. The van der Waals surface area contributed by atoms with Gasteiger partial charge in [-0.25, -0.2) is 0 Å². The molecule has 0 saturated carbocycles. The number of hydrogen-bond acceptors (Lipinski definition) is 2. The Hall–Kier alpha value is -0.940. The van der Waals surface area contributed by atoms with Crippen molar-refractivity contribution in [1.29, 1.82) is 0 Å². The zero-order valence-electron chi connectivity index (χ0n) is 10.6. The minimum atomic E-state index is -0.0632. The molecule has 5 heteroatoms. The first-order valence-corrected chi connectivity index (χ1v) is 7.61. The van der Waals surface area contributed by atoms with Crippen molar-refractivity contribution in [3.8, 4) is 0 Å². The molecule has 102 valence electrons. The zero-order valence-corrected chi connectivity index (χ0v) is 13.0. The monoisotopic (exact) mass is 340 g/mol. The van der Waals surface area contributed by atoms with Crippen molar-refractivity contribution in [3.05, 3.63) is 34.3 Å². The number of carbonyl (C=O) groups excluding carboxylic acids is 1. The van der Waals surface area contributed by atoms with Crippen LogP contribution in [0.4, 0.5) is 0 Å². The van der Waals surface area contributed by atoms with Crippen molar-refractivity contribution >= 4 is 39.0 Å². The van der Waals surface area contributed by atoms with Crippen LogP contribution in [0.3, 0.4) is 0 Å². The Morgan fingerprint density at radius 1 is 1.37 bits per heavy atom. The molecule has 1 saturated heterocycles. The highest BCUT2D eigenvalue weighted by Crippen LogP contribution is 2.19. The predicted molar refractivity (Wildman–Crippen MR) is 84.0 cm³/mol. The fourth-order valence-electron chi connectivity index (χ4n) is 2.40. The molecular formula is C14H17BrN2OS. The third-order valence-corrected chi connectivity index (χ3v) is 4.22. The van der Waals surface area contributed by atoms with Crippen molar-refractivity contribution in [1.82, 2.24) is 4.90 Å². The van der Waals surface area contributed by atoms with E-state index in [1.54, 1.807) is 0 Å². The minimum Gasteiger partial charge on any atom is -0.392 e. The topological polar surface area (TPSA) is 46.3 Å². The SMILES string of the molecule is NC(=S)C1CCCCN1C(=O)Cc1ccc(Br)cc1. The van der Waals surface area contributed by atoms with Gasteiger partial charge in [0.2, 0.25) is 5.91 Å². The number of rotatable bonds is 3. The van der Waals surface area contributed by atoms with Crippen LogP contribution in [0, 0.1) is 0 Å². The summed E-state index contributed by atoms with van der Waals surface area (Å²) in [5.41, 5.74) is 6.75. The van der Waals surface area contributed by atoms with E-state index in [0.717, 1.165) is 35.8 Å². The molecule has 1 aromatic rings. The molecule has 0 aromatic heterocycles. The number of hydrogen-bond donors (Lipinski definition) is 1. The van der Waals surface area contributed by atoms with Crippen LogP contribution in [0.15, 0.2) is 28.7 Å². The predicted octanol–water partition coefficient (Wildman–Crippen LogP) is 2.66. The number of nitrogens with zero attached hydrogens (tertiary/aromatic N) is 1. The summed E-state index contributed by atoms with van der Waals surface area (Å²) in [6.45, 7) is 0.761. The maximum Gasteiger partial charge on any atom is 0.227 e. The summed E-state index contributed by atoms with van der Waals surface area (Å²) in [5, 5.41) is 0. The second-order valence-corrected chi connectivity index (χ2v) is 6.19. The van der Waals surface area contributed by atoms with Crippen LogP contribution in [0.25, 0.3) is 0 Å². The number of benzene rings is 1. The maximum absolute atomic E-state index is 12.4. The first-order chi connectivity index (χ1) is 9.08. The van der Waals surface area contributed by atoms with E-state index in [-0.39, 0.29) is 11.9 Å². The van der Waals surface area contributed by atoms with Gasteiger partial charge in [0, 0.05) is 11.0 Å². The van der Waals surface area contributed by atoms with Crippen molar-refractivity contribution in [3.63, 3.8) is 0 Å². The van der Waals surface area contributed by atoms with Gasteiger partial charge in [-0.2, -0.15) is 0 Å². The lowest BCUT2D eigenvalue weighted by molar-refractivity contribution is -0.132. The van der Waals surface area contributed by atoms with Crippen molar-refractivity contribution in [2.24, 2.45) is 5.73 Å². The number of likely N-dealkylation sites (tertiary alicyclic amines) is 1. The molecule has 1 aromatic carbocycles. The van der Waals surface area contributed by atoms with E-state index in [0.29, 0.717) is 11.4 Å². The smallest absolute Gasteiger partial charge is 0.227 e. The van der Waals surface area contributed by atoms with Gasteiger partial charge in [-0.1, -0.05) is 40.3 Å². The van der Waals surface area contributed by atoms with Gasteiger partial charge in [-0.15, -0.1) is 0 Å². The summed E-state index contributed by atoms with van der Waals surface area (Å²) in [6.07, 6.45) is 3.42. The summed E-state index contributed by atoms with van der Waals surface area (Å²) in [7, 11) is 0. The third-order valence-electron chi connectivity index (χ3n) is 3.42. The lowest BCUT2D eigenvalue weighted by Gasteiger charge is -2.35. The summed E-state index contributed by atoms with van der Waals surface area (Å²) < 4.78 is 1.02. The van der Waals surface area contributed by atoms with Crippen molar-refractivity contribution < 1.29 is 4.79 Å². The van der Waals surface area contributed by atoms with Gasteiger partial charge in [-0.3, -0.25) is 4.79 Å². The Kier molecular flexibility index (Phi) is 4.93. The average Bonchev–Trinajstić information content (AvgIpc) is 2.41. The molecule has 2 N–H and O–H groups in total. The fourth-order valence-corrected chi connectivity index (χ4v) is 2.91. The van der Waals surface area contributed by atoms with Crippen LogP contribution < -0.4 is 5.73 Å². The Morgan fingerprint density at radius 3 is 2.68 bits per heavy atom. The van der Waals surface area contributed by atoms with Crippen molar-refractivity contribution in [2.45, 2.75) is 31.7 Å². The van der Waals surface area contributed by atoms with E-state index >= 15 is 0 Å². The largest absolute Gasteiger partial charge is 0.392 e. The van der Waals surface area contributed by atoms with Crippen LogP contribution in [0.2, 0.25) is 0 Å². The summed E-state index contributed by atoms with van der Waals surface area (Å²) >= 11 is 8.46.